The highest BCUT2D eigenvalue weighted by atomic mass is 19.4. The summed E-state index contributed by atoms with van der Waals surface area (Å²) >= 11 is 0. The van der Waals surface area contributed by atoms with Gasteiger partial charge in [-0.05, 0) is 6.07 Å². The SMILES string of the molecule is Nc1cc(C(=O)NCC(O)C(F)(F)F)c(F)cc1F. The summed E-state index contributed by atoms with van der Waals surface area (Å²) < 4.78 is 61.9. The molecule has 1 aromatic rings. The minimum absolute atomic E-state index is 0.338. The summed E-state index contributed by atoms with van der Waals surface area (Å²) in [4.78, 5) is 11.4. The fourth-order valence-electron chi connectivity index (χ4n) is 1.14. The van der Waals surface area contributed by atoms with Crippen molar-refractivity contribution in [1.29, 1.82) is 0 Å². The number of hydrogen-bond donors (Lipinski definition) is 3. The number of benzene rings is 1. The minimum atomic E-state index is -4.91. The number of nitrogens with one attached hydrogen (secondary N) is 1. The zero-order chi connectivity index (χ0) is 14.8. The van der Waals surface area contributed by atoms with Gasteiger partial charge in [-0.3, -0.25) is 4.79 Å². The molecular formula is C10H9F5N2O2. The number of nitrogens with two attached hydrogens (primary N) is 1. The standard InChI is InChI=1S/C10H9F5N2O2/c11-5-2-6(12)7(16)1-4(5)9(19)17-3-8(18)10(13,14)15/h1-2,8,18H,3,16H2,(H,17,19). The third-order valence-electron chi connectivity index (χ3n) is 2.16. The highest BCUT2D eigenvalue weighted by Crippen LogP contribution is 2.20. The Kier molecular flexibility index (Phi) is 4.30. The fourth-order valence-corrected chi connectivity index (χ4v) is 1.14. The maximum absolute atomic E-state index is 13.2. The monoisotopic (exact) mass is 284 g/mol. The maximum atomic E-state index is 13.2. The van der Waals surface area contributed by atoms with Crippen LogP contribution in [-0.4, -0.2) is 29.8 Å². The molecule has 0 spiro atoms. The molecule has 0 saturated carbocycles. The fraction of sp³-hybridized carbons (Fsp3) is 0.300. The van der Waals surface area contributed by atoms with Crippen LogP contribution in [0.15, 0.2) is 12.1 Å². The second kappa shape index (κ2) is 5.39. The lowest BCUT2D eigenvalue weighted by molar-refractivity contribution is -0.201. The van der Waals surface area contributed by atoms with Crippen molar-refractivity contribution in [2.45, 2.75) is 12.3 Å². The number of aliphatic hydroxyl groups excluding tert-OH is 1. The third-order valence-corrected chi connectivity index (χ3v) is 2.16. The molecule has 1 rings (SSSR count). The van der Waals surface area contributed by atoms with Gasteiger partial charge in [-0.15, -0.1) is 0 Å². The van der Waals surface area contributed by atoms with E-state index >= 15 is 0 Å². The molecule has 0 aliphatic rings. The normalized spacial score (nSPS) is 13.2. The molecule has 1 aromatic carbocycles. The van der Waals surface area contributed by atoms with Gasteiger partial charge in [0.1, 0.15) is 11.6 Å². The average Bonchev–Trinajstić information content (AvgIpc) is 2.29. The molecule has 1 unspecified atom stereocenters. The Morgan fingerprint density at radius 1 is 1.32 bits per heavy atom. The van der Waals surface area contributed by atoms with Gasteiger partial charge in [-0.1, -0.05) is 0 Å². The van der Waals surface area contributed by atoms with Crippen molar-refractivity contribution in [3.05, 3.63) is 29.3 Å². The highest BCUT2D eigenvalue weighted by Gasteiger charge is 2.38. The summed E-state index contributed by atoms with van der Waals surface area (Å²) in [5, 5.41) is 10.3. The van der Waals surface area contributed by atoms with E-state index in [0.29, 0.717) is 12.1 Å². The maximum Gasteiger partial charge on any atom is 0.416 e. The van der Waals surface area contributed by atoms with E-state index in [-0.39, 0.29) is 0 Å². The van der Waals surface area contributed by atoms with E-state index in [1.165, 1.54) is 0 Å². The van der Waals surface area contributed by atoms with E-state index in [1.54, 1.807) is 5.32 Å². The molecule has 0 heterocycles. The molecule has 0 aromatic heterocycles. The molecule has 106 valence electrons. The van der Waals surface area contributed by atoms with Crippen molar-refractivity contribution in [3.8, 4) is 0 Å². The Morgan fingerprint density at radius 3 is 2.42 bits per heavy atom. The van der Waals surface area contributed by atoms with Gasteiger partial charge < -0.3 is 16.2 Å². The molecule has 1 atom stereocenters. The number of carbonyl (C=O) groups is 1. The number of nitrogen functional groups attached to an aromatic ring is 1. The van der Waals surface area contributed by atoms with Crippen LogP contribution in [0.5, 0.6) is 0 Å². The predicted octanol–water partition coefficient (Wildman–Crippen LogP) is 1.20. The van der Waals surface area contributed by atoms with E-state index in [2.05, 4.69) is 0 Å². The average molecular weight is 284 g/mol. The van der Waals surface area contributed by atoms with Crippen molar-refractivity contribution in [2.24, 2.45) is 0 Å². The first kappa shape index (κ1) is 15.2. The smallest absolute Gasteiger partial charge is 0.396 e. The molecule has 4 nitrogen and oxygen atoms in total. The van der Waals surface area contributed by atoms with Crippen LogP contribution in [0.3, 0.4) is 0 Å². The molecule has 9 heteroatoms. The van der Waals surface area contributed by atoms with Crippen molar-refractivity contribution >= 4 is 11.6 Å². The van der Waals surface area contributed by atoms with Gasteiger partial charge in [-0.25, -0.2) is 8.78 Å². The number of alkyl halides is 3. The van der Waals surface area contributed by atoms with Crippen LogP contribution in [0.25, 0.3) is 0 Å². The molecule has 0 bridgehead atoms. The molecule has 0 fully saturated rings. The number of aliphatic hydroxyl groups is 1. The van der Waals surface area contributed by atoms with Crippen LogP contribution in [0, 0.1) is 11.6 Å². The van der Waals surface area contributed by atoms with Crippen molar-refractivity contribution in [3.63, 3.8) is 0 Å². The van der Waals surface area contributed by atoms with Crippen molar-refractivity contribution in [1.82, 2.24) is 5.32 Å². The lowest BCUT2D eigenvalue weighted by Crippen LogP contribution is -2.40. The molecule has 4 N–H and O–H groups in total. The predicted molar refractivity (Wildman–Crippen MR) is 55.2 cm³/mol. The van der Waals surface area contributed by atoms with Crippen molar-refractivity contribution < 1.29 is 31.9 Å². The first-order valence-electron chi connectivity index (χ1n) is 4.90. The molecule has 1 amide bonds. The van der Waals surface area contributed by atoms with Crippen LogP contribution in [0.1, 0.15) is 10.4 Å². The summed E-state index contributed by atoms with van der Waals surface area (Å²) in [5.41, 5.74) is 3.86. The number of anilines is 1. The van der Waals surface area contributed by atoms with Gasteiger partial charge in [0, 0.05) is 6.07 Å². The van der Waals surface area contributed by atoms with Crippen molar-refractivity contribution in [2.75, 3.05) is 12.3 Å². The van der Waals surface area contributed by atoms with Gasteiger partial charge >= 0.3 is 6.18 Å². The summed E-state index contributed by atoms with van der Waals surface area (Å²) in [6.07, 6.45) is -7.69. The number of hydrogen-bond acceptors (Lipinski definition) is 3. The lowest BCUT2D eigenvalue weighted by atomic mass is 10.1. The first-order valence-corrected chi connectivity index (χ1v) is 4.90. The molecule has 19 heavy (non-hydrogen) atoms. The van der Waals surface area contributed by atoms with Gasteiger partial charge in [0.25, 0.3) is 5.91 Å². The number of amides is 1. The van der Waals surface area contributed by atoms with E-state index in [1.807, 2.05) is 0 Å². The van der Waals surface area contributed by atoms with E-state index in [0.717, 1.165) is 0 Å². The second-order valence-corrected chi connectivity index (χ2v) is 3.62. The number of halogens is 5. The Bertz CT molecular complexity index is 490. The Balaban J connectivity index is 2.77. The Labute approximate surface area is 104 Å². The largest absolute Gasteiger partial charge is 0.416 e. The molecule has 0 aliphatic carbocycles. The van der Waals surface area contributed by atoms with Crippen LogP contribution in [-0.2, 0) is 0 Å². The van der Waals surface area contributed by atoms with Gasteiger partial charge in [-0.2, -0.15) is 13.2 Å². The van der Waals surface area contributed by atoms with Crippen LogP contribution < -0.4 is 11.1 Å². The molecule has 0 saturated heterocycles. The summed E-state index contributed by atoms with van der Waals surface area (Å²) in [5.74, 6) is -3.61. The van der Waals surface area contributed by atoms with Gasteiger partial charge in [0.05, 0.1) is 17.8 Å². The number of carbonyl (C=O) groups excluding carboxylic acids is 1. The van der Waals surface area contributed by atoms with Crippen LogP contribution in [0.2, 0.25) is 0 Å². The first-order chi connectivity index (χ1) is 8.62. The zero-order valence-electron chi connectivity index (χ0n) is 9.26. The lowest BCUT2D eigenvalue weighted by Gasteiger charge is -2.15. The molecule has 0 radical (unpaired) electrons. The second-order valence-electron chi connectivity index (χ2n) is 3.62. The number of rotatable bonds is 3. The van der Waals surface area contributed by atoms with Crippen LogP contribution >= 0.6 is 0 Å². The summed E-state index contributed by atoms with van der Waals surface area (Å²) in [6, 6.07) is 0.990. The summed E-state index contributed by atoms with van der Waals surface area (Å²) in [7, 11) is 0. The minimum Gasteiger partial charge on any atom is -0.396 e. The molecular weight excluding hydrogens is 275 g/mol. The third kappa shape index (κ3) is 3.78. The molecule has 0 aliphatic heterocycles. The topological polar surface area (TPSA) is 75.4 Å². The highest BCUT2D eigenvalue weighted by molar-refractivity contribution is 5.95. The van der Waals surface area contributed by atoms with Crippen LogP contribution in [0.4, 0.5) is 27.6 Å². The summed E-state index contributed by atoms with van der Waals surface area (Å²) in [6.45, 7) is -1.15. The van der Waals surface area contributed by atoms with Gasteiger partial charge in [0.15, 0.2) is 6.10 Å². The van der Waals surface area contributed by atoms with E-state index in [4.69, 9.17) is 10.8 Å². The zero-order valence-corrected chi connectivity index (χ0v) is 9.26. The Morgan fingerprint density at radius 2 is 1.89 bits per heavy atom. The van der Waals surface area contributed by atoms with E-state index in [9.17, 15) is 26.7 Å². The quantitative estimate of drug-likeness (QED) is 0.576. The van der Waals surface area contributed by atoms with E-state index < -0.39 is 47.6 Å². The Hall–Kier alpha value is -1.90. The van der Waals surface area contributed by atoms with Gasteiger partial charge in [0.2, 0.25) is 0 Å².